The number of hydrogen-bond acceptors (Lipinski definition) is 1. The lowest BCUT2D eigenvalue weighted by atomic mass is 10.3. The molecule has 0 saturated heterocycles. The molecule has 1 atom stereocenters. The van der Waals surface area contributed by atoms with Crippen LogP contribution in [0.25, 0.3) is 0 Å². The van der Waals surface area contributed by atoms with Gasteiger partial charge in [0.05, 0.1) is 0 Å². The molecule has 0 amide bonds. The molecule has 0 rings (SSSR count). The summed E-state index contributed by atoms with van der Waals surface area (Å²) in [6.45, 7) is 12.2. The van der Waals surface area contributed by atoms with Gasteiger partial charge in [-0.3, -0.25) is 0 Å². The Hall–Kier alpha value is 0.684. The van der Waals surface area contributed by atoms with Gasteiger partial charge in [0.2, 0.25) is 0 Å². The van der Waals surface area contributed by atoms with Crippen LogP contribution in [0.1, 0.15) is 39.5 Å². The fourth-order valence-corrected chi connectivity index (χ4v) is 7.47. The molecular weight excluding hydrogens is 264 g/mol. The van der Waals surface area contributed by atoms with Crippen LogP contribution < -0.4 is 0 Å². The first-order valence-corrected chi connectivity index (χ1v) is 14.2. The van der Waals surface area contributed by atoms with Gasteiger partial charge in [-0.2, -0.15) is 11.1 Å². The van der Waals surface area contributed by atoms with E-state index in [0.717, 1.165) is 6.61 Å². The molecule has 0 heterocycles. The van der Waals surface area contributed by atoms with E-state index in [0.29, 0.717) is 0 Å². The minimum Gasteiger partial charge on any atom is -0.418 e. The van der Waals surface area contributed by atoms with E-state index >= 15 is 0 Å². The predicted molar refractivity (Wildman–Crippen MR) is 85.1 cm³/mol. The van der Waals surface area contributed by atoms with Gasteiger partial charge < -0.3 is 4.43 Å². The molecule has 4 heteroatoms. The topological polar surface area (TPSA) is 9.23 Å². The van der Waals surface area contributed by atoms with Crippen LogP contribution in [0, 0.1) is 0 Å². The van der Waals surface area contributed by atoms with E-state index in [9.17, 15) is 0 Å². The van der Waals surface area contributed by atoms with Crippen molar-refractivity contribution in [2.75, 3.05) is 6.61 Å². The van der Waals surface area contributed by atoms with E-state index < -0.39 is 15.7 Å². The first-order valence-electron chi connectivity index (χ1n) is 7.16. The normalized spacial score (nSPS) is 15.9. The van der Waals surface area contributed by atoms with E-state index in [4.69, 9.17) is 15.5 Å². The van der Waals surface area contributed by atoms with Crippen LogP contribution in [-0.4, -0.2) is 22.3 Å². The standard InChI is InChI=1S/C13H31ClOSi2/c1-6-8-9-12-17(5,14)13-10-11-16(3,4)15-7-2/h6-13H2,1-5H3. The maximum absolute atomic E-state index is 6.69. The Kier molecular flexibility index (Phi) is 9.08. The summed E-state index contributed by atoms with van der Waals surface area (Å²) in [5, 5.41) is 0. The van der Waals surface area contributed by atoms with E-state index in [1.54, 1.807) is 0 Å². The zero-order chi connectivity index (χ0) is 13.4. The van der Waals surface area contributed by atoms with Gasteiger partial charge in [-0.15, -0.1) is 0 Å². The molecule has 0 aliphatic carbocycles. The van der Waals surface area contributed by atoms with Gasteiger partial charge in [0.15, 0.2) is 15.7 Å². The summed E-state index contributed by atoms with van der Waals surface area (Å²) in [6, 6.07) is 3.82. The molecule has 0 radical (unpaired) electrons. The molecule has 0 spiro atoms. The van der Waals surface area contributed by atoms with Crippen LogP contribution >= 0.6 is 11.1 Å². The monoisotopic (exact) mass is 294 g/mol. The summed E-state index contributed by atoms with van der Waals surface area (Å²) in [5.41, 5.74) is 0. The van der Waals surface area contributed by atoms with Crippen LogP contribution in [0.3, 0.4) is 0 Å². The molecule has 0 fully saturated rings. The smallest absolute Gasteiger partial charge is 0.186 e. The first-order chi connectivity index (χ1) is 7.83. The van der Waals surface area contributed by atoms with Crippen molar-refractivity contribution in [3.05, 3.63) is 0 Å². The summed E-state index contributed by atoms with van der Waals surface area (Å²) in [5.74, 6) is 0. The Labute approximate surface area is 115 Å². The fraction of sp³-hybridized carbons (Fsp3) is 1.00. The fourth-order valence-electron chi connectivity index (χ4n) is 2.21. The second kappa shape index (κ2) is 8.73. The summed E-state index contributed by atoms with van der Waals surface area (Å²) >= 11 is 6.69. The van der Waals surface area contributed by atoms with Gasteiger partial charge in [-0.25, -0.2) is 0 Å². The lowest BCUT2D eigenvalue weighted by Gasteiger charge is -2.24. The highest BCUT2D eigenvalue weighted by Gasteiger charge is 2.26. The van der Waals surface area contributed by atoms with Gasteiger partial charge in [0.1, 0.15) is 0 Å². The van der Waals surface area contributed by atoms with Gasteiger partial charge in [0, 0.05) is 6.61 Å². The molecule has 17 heavy (non-hydrogen) atoms. The van der Waals surface area contributed by atoms with Crippen molar-refractivity contribution in [3.63, 3.8) is 0 Å². The molecule has 0 aromatic carbocycles. The molecule has 0 aromatic heterocycles. The number of halogens is 1. The average Bonchev–Trinajstić information content (AvgIpc) is 2.16. The average molecular weight is 295 g/mol. The Morgan fingerprint density at radius 1 is 0.882 bits per heavy atom. The van der Waals surface area contributed by atoms with Crippen molar-refractivity contribution in [2.24, 2.45) is 0 Å². The Balaban J connectivity index is 3.77. The van der Waals surface area contributed by atoms with Crippen LogP contribution in [0.2, 0.25) is 37.8 Å². The van der Waals surface area contributed by atoms with E-state index in [2.05, 4.69) is 33.5 Å². The first kappa shape index (κ1) is 17.7. The summed E-state index contributed by atoms with van der Waals surface area (Å²) in [4.78, 5) is 0. The van der Waals surface area contributed by atoms with Crippen LogP contribution in [0.5, 0.6) is 0 Å². The Morgan fingerprint density at radius 3 is 2.00 bits per heavy atom. The second-order valence-corrected chi connectivity index (χ2v) is 16.8. The van der Waals surface area contributed by atoms with E-state index in [1.165, 1.54) is 43.8 Å². The van der Waals surface area contributed by atoms with Crippen LogP contribution in [0.4, 0.5) is 0 Å². The third kappa shape index (κ3) is 10.3. The summed E-state index contributed by atoms with van der Waals surface area (Å²) in [6.07, 6.45) is 5.24. The predicted octanol–water partition coefficient (Wildman–Crippen LogP) is 5.62. The Bertz CT molecular complexity index is 196. The van der Waals surface area contributed by atoms with Crippen molar-refractivity contribution < 1.29 is 4.43 Å². The lowest BCUT2D eigenvalue weighted by Crippen LogP contribution is -2.31. The molecule has 0 N–H and O–H groups in total. The van der Waals surface area contributed by atoms with Crippen LogP contribution in [0.15, 0.2) is 0 Å². The van der Waals surface area contributed by atoms with Gasteiger partial charge >= 0.3 is 0 Å². The zero-order valence-electron chi connectivity index (χ0n) is 12.4. The lowest BCUT2D eigenvalue weighted by molar-refractivity contribution is 0.328. The molecule has 104 valence electrons. The number of hydrogen-bond donors (Lipinski definition) is 0. The minimum absolute atomic E-state index is 0.866. The molecule has 0 aliphatic heterocycles. The maximum Gasteiger partial charge on any atom is 0.186 e. The molecule has 1 unspecified atom stereocenters. The molecule has 0 bridgehead atoms. The molecule has 0 aromatic rings. The number of unbranched alkanes of at least 4 members (excludes halogenated alkanes) is 2. The van der Waals surface area contributed by atoms with E-state index in [1.807, 2.05) is 0 Å². The maximum atomic E-state index is 6.69. The van der Waals surface area contributed by atoms with E-state index in [-0.39, 0.29) is 0 Å². The quantitative estimate of drug-likeness (QED) is 0.288. The third-order valence-electron chi connectivity index (χ3n) is 3.31. The molecule has 1 nitrogen and oxygen atoms in total. The van der Waals surface area contributed by atoms with Crippen molar-refractivity contribution in [3.8, 4) is 0 Å². The summed E-state index contributed by atoms with van der Waals surface area (Å²) < 4.78 is 5.85. The van der Waals surface area contributed by atoms with Gasteiger partial charge in [0.25, 0.3) is 0 Å². The van der Waals surface area contributed by atoms with Crippen molar-refractivity contribution >= 4 is 26.8 Å². The summed E-state index contributed by atoms with van der Waals surface area (Å²) in [7, 11) is -2.80. The zero-order valence-corrected chi connectivity index (χ0v) is 15.2. The van der Waals surface area contributed by atoms with Gasteiger partial charge in [-0.05, 0) is 38.2 Å². The SMILES string of the molecule is CCCCC[Si](C)(Cl)CCC[Si](C)(C)OCC. The van der Waals surface area contributed by atoms with Crippen molar-refractivity contribution in [2.45, 2.75) is 77.3 Å². The van der Waals surface area contributed by atoms with Crippen molar-refractivity contribution in [1.82, 2.24) is 0 Å². The molecule has 0 saturated carbocycles. The third-order valence-corrected chi connectivity index (χ3v) is 9.87. The second-order valence-electron chi connectivity index (χ2n) is 5.92. The number of rotatable bonds is 10. The highest BCUT2D eigenvalue weighted by Crippen LogP contribution is 2.28. The minimum atomic E-state index is -1.42. The highest BCUT2D eigenvalue weighted by atomic mass is 35.6. The molecule has 0 aliphatic rings. The molecular formula is C13H31ClOSi2. The highest BCUT2D eigenvalue weighted by molar-refractivity contribution is 7.19. The van der Waals surface area contributed by atoms with Crippen LogP contribution in [-0.2, 0) is 4.43 Å². The largest absolute Gasteiger partial charge is 0.418 e. The van der Waals surface area contributed by atoms with Gasteiger partial charge in [-0.1, -0.05) is 39.2 Å². The van der Waals surface area contributed by atoms with Crippen molar-refractivity contribution in [1.29, 1.82) is 0 Å². The Morgan fingerprint density at radius 2 is 1.47 bits per heavy atom.